The first-order chi connectivity index (χ1) is 12.2. The van der Waals surface area contributed by atoms with Crippen LogP contribution in [0.3, 0.4) is 0 Å². The van der Waals surface area contributed by atoms with Gasteiger partial charge in [0, 0.05) is 18.9 Å². The largest absolute Gasteiger partial charge is 0.461 e. The molecule has 1 aliphatic rings. The van der Waals surface area contributed by atoms with Crippen molar-refractivity contribution in [3.05, 3.63) is 54.7 Å². The molecule has 3 aromatic heterocycles. The minimum Gasteiger partial charge on any atom is -0.461 e. The van der Waals surface area contributed by atoms with Crippen molar-refractivity contribution in [1.82, 2.24) is 15.1 Å². The molecule has 1 saturated carbocycles. The third kappa shape index (κ3) is 3.36. The van der Waals surface area contributed by atoms with Crippen molar-refractivity contribution < 1.29 is 18.7 Å². The van der Waals surface area contributed by atoms with Crippen LogP contribution in [0, 0.1) is 5.92 Å². The fourth-order valence-corrected chi connectivity index (χ4v) is 3.35. The van der Waals surface area contributed by atoms with Gasteiger partial charge in [-0.2, -0.15) is 5.10 Å². The molecule has 25 heavy (non-hydrogen) atoms. The predicted octanol–water partition coefficient (Wildman–Crippen LogP) is 2.31. The molecule has 3 heterocycles. The molecule has 0 radical (unpaired) electrons. The molecule has 1 amide bonds. The Morgan fingerprint density at radius 1 is 1.28 bits per heavy atom. The Morgan fingerprint density at radius 2 is 2.20 bits per heavy atom. The van der Waals surface area contributed by atoms with Crippen LogP contribution in [0.1, 0.15) is 23.4 Å². The van der Waals surface area contributed by atoms with Crippen LogP contribution in [0.25, 0.3) is 11.5 Å². The molecule has 0 bridgehead atoms. The van der Waals surface area contributed by atoms with Crippen LogP contribution in [-0.4, -0.2) is 32.9 Å². The zero-order chi connectivity index (χ0) is 17.2. The van der Waals surface area contributed by atoms with Crippen molar-refractivity contribution in [3.63, 3.8) is 0 Å². The third-order valence-corrected chi connectivity index (χ3v) is 4.54. The van der Waals surface area contributed by atoms with E-state index in [-0.39, 0.29) is 23.6 Å². The minimum absolute atomic E-state index is 0.203. The molecule has 0 spiro atoms. The predicted molar refractivity (Wildman–Crippen MR) is 88.6 cm³/mol. The first-order valence-corrected chi connectivity index (χ1v) is 8.29. The van der Waals surface area contributed by atoms with Gasteiger partial charge < -0.3 is 19.3 Å². The lowest BCUT2D eigenvalue weighted by Crippen LogP contribution is -2.39. The van der Waals surface area contributed by atoms with Crippen LogP contribution in [0.2, 0.25) is 0 Å². The summed E-state index contributed by atoms with van der Waals surface area (Å²) in [5.41, 5.74) is 0. The Balaban J connectivity index is 1.37. The number of rotatable bonds is 5. The summed E-state index contributed by atoms with van der Waals surface area (Å²) in [5.74, 6) is 1.21. The summed E-state index contributed by atoms with van der Waals surface area (Å²) in [6.07, 6.45) is 5.96. The van der Waals surface area contributed by atoms with Crippen LogP contribution in [0.5, 0.6) is 0 Å². The first kappa shape index (κ1) is 15.7. The van der Waals surface area contributed by atoms with Gasteiger partial charge in [-0.25, -0.2) is 0 Å². The van der Waals surface area contributed by atoms with Crippen molar-refractivity contribution in [2.24, 2.45) is 5.92 Å². The van der Waals surface area contributed by atoms with Crippen molar-refractivity contribution in [3.8, 4) is 11.5 Å². The molecule has 0 aromatic carbocycles. The van der Waals surface area contributed by atoms with Gasteiger partial charge in [0.15, 0.2) is 17.3 Å². The van der Waals surface area contributed by atoms with E-state index >= 15 is 0 Å². The quantitative estimate of drug-likeness (QED) is 0.743. The molecule has 130 valence electrons. The zero-order valence-corrected chi connectivity index (χ0v) is 13.5. The highest BCUT2D eigenvalue weighted by Crippen LogP contribution is 2.28. The lowest BCUT2D eigenvalue weighted by molar-refractivity contribution is 0.0846. The molecule has 2 N–H and O–H groups in total. The zero-order valence-electron chi connectivity index (χ0n) is 13.5. The van der Waals surface area contributed by atoms with Gasteiger partial charge in [0.25, 0.3) is 5.91 Å². The molecule has 1 aliphatic carbocycles. The molecule has 1 unspecified atom stereocenters. The topological polar surface area (TPSA) is 93.4 Å². The number of carbonyl (C=O) groups excluding carboxylic acids is 1. The van der Waals surface area contributed by atoms with Crippen LogP contribution in [0.4, 0.5) is 0 Å². The molecule has 3 aromatic rings. The summed E-state index contributed by atoms with van der Waals surface area (Å²) in [7, 11) is 0. The smallest absolute Gasteiger partial charge is 0.287 e. The van der Waals surface area contributed by atoms with Crippen LogP contribution >= 0.6 is 0 Å². The van der Waals surface area contributed by atoms with Crippen molar-refractivity contribution >= 4 is 5.91 Å². The van der Waals surface area contributed by atoms with Gasteiger partial charge >= 0.3 is 0 Å². The van der Waals surface area contributed by atoms with E-state index in [1.807, 2.05) is 16.9 Å². The highest BCUT2D eigenvalue weighted by Gasteiger charge is 2.34. The fourth-order valence-electron chi connectivity index (χ4n) is 3.35. The molecule has 0 aliphatic heterocycles. The number of amides is 1. The molecule has 0 saturated heterocycles. The number of hydrogen-bond donors (Lipinski definition) is 2. The van der Waals surface area contributed by atoms with Crippen LogP contribution in [0.15, 0.2) is 57.8 Å². The summed E-state index contributed by atoms with van der Waals surface area (Å²) in [6, 6.07) is 8.41. The Morgan fingerprint density at radius 3 is 2.96 bits per heavy atom. The summed E-state index contributed by atoms with van der Waals surface area (Å²) in [5, 5.41) is 17.3. The molecular formula is C18H19N3O4. The number of carbonyl (C=O) groups is 1. The number of nitrogens with one attached hydrogen (secondary N) is 1. The normalized spacial score (nSPS) is 23.0. The van der Waals surface area contributed by atoms with E-state index in [0.29, 0.717) is 24.4 Å². The lowest BCUT2D eigenvalue weighted by Gasteiger charge is -2.15. The van der Waals surface area contributed by atoms with Crippen LogP contribution < -0.4 is 5.32 Å². The Labute approximate surface area is 144 Å². The van der Waals surface area contributed by atoms with Gasteiger partial charge in [-0.05, 0) is 49.1 Å². The maximum atomic E-state index is 12.4. The maximum Gasteiger partial charge on any atom is 0.287 e. The SMILES string of the molecule is O=C(N[C@@H]1CC(Cn2cccn2)C[C@H]1O)c1ccc(-c2ccco2)o1. The summed E-state index contributed by atoms with van der Waals surface area (Å²) in [4.78, 5) is 12.4. The fraction of sp³-hybridized carbons (Fsp3) is 0.333. The average molecular weight is 341 g/mol. The number of aromatic nitrogens is 2. The molecule has 7 heteroatoms. The first-order valence-electron chi connectivity index (χ1n) is 8.29. The van der Waals surface area contributed by atoms with E-state index in [9.17, 15) is 9.90 Å². The van der Waals surface area contributed by atoms with Crippen LogP contribution in [-0.2, 0) is 6.54 Å². The second kappa shape index (κ2) is 6.60. The maximum absolute atomic E-state index is 12.4. The molecule has 4 rings (SSSR count). The number of aliphatic hydroxyl groups is 1. The van der Waals surface area contributed by atoms with E-state index in [1.54, 1.807) is 36.7 Å². The van der Waals surface area contributed by atoms with E-state index in [0.717, 1.165) is 6.54 Å². The Hall–Kier alpha value is -2.80. The Bertz CT molecular complexity index is 823. The highest BCUT2D eigenvalue weighted by atomic mass is 16.4. The monoisotopic (exact) mass is 341 g/mol. The summed E-state index contributed by atoms with van der Waals surface area (Å²) in [6.45, 7) is 0.736. The van der Waals surface area contributed by atoms with Gasteiger partial charge in [0.2, 0.25) is 0 Å². The average Bonchev–Trinajstić information content (AvgIpc) is 3.36. The van der Waals surface area contributed by atoms with Gasteiger partial charge in [-0.1, -0.05) is 0 Å². The number of furan rings is 2. The van der Waals surface area contributed by atoms with Crippen molar-refractivity contribution in [1.29, 1.82) is 0 Å². The van der Waals surface area contributed by atoms with Crippen molar-refractivity contribution in [2.75, 3.05) is 0 Å². The van der Waals surface area contributed by atoms with Gasteiger partial charge in [-0.15, -0.1) is 0 Å². The number of hydrogen-bond acceptors (Lipinski definition) is 5. The van der Waals surface area contributed by atoms with Crippen molar-refractivity contribution in [2.45, 2.75) is 31.5 Å². The highest BCUT2D eigenvalue weighted by molar-refractivity contribution is 5.92. The van der Waals surface area contributed by atoms with Gasteiger partial charge in [0.05, 0.1) is 18.4 Å². The van der Waals surface area contributed by atoms with Gasteiger partial charge in [-0.3, -0.25) is 9.48 Å². The van der Waals surface area contributed by atoms with Gasteiger partial charge in [0.1, 0.15) is 0 Å². The van der Waals surface area contributed by atoms with E-state index < -0.39 is 6.10 Å². The number of aliphatic hydroxyl groups excluding tert-OH is 1. The third-order valence-electron chi connectivity index (χ3n) is 4.54. The number of nitrogens with zero attached hydrogens (tertiary/aromatic N) is 2. The van der Waals surface area contributed by atoms with E-state index in [1.165, 1.54) is 0 Å². The molecule has 1 fully saturated rings. The lowest BCUT2D eigenvalue weighted by atomic mass is 10.1. The molecular weight excluding hydrogens is 322 g/mol. The standard InChI is InChI=1S/C18H19N3O4/c22-14-10-12(11-21-7-2-6-19-21)9-13(14)20-18(23)17-5-4-16(25-17)15-3-1-8-24-15/h1-8,12-14,22H,9-11H2,(H,20,23)/t12?,13-,14-/m1/s1. The second-order valence-electron chi connectivity index (χ2n) is 6.35. The summed E-state index contributed by atoms with van der Waals surface area (Å²) >= 11 is 0. The summed E-state index contributed by atoms with van der Waals surface area (Å²) < 4.78 is 12.7. The second-order valence-corrected chi connectivity index (χ2v) is 6.35. The van der Waals surface area contributed by atoms with E-state index in [4.69, 9.17) is 8.83 Å². The minimum atomic E-state index is -0.566. The van der Waals surface area contributed by atoms with E-state index in [2.05, 4.69) is 10.4 Å². The Kier molecular flexibility index (Phi) is 4.15. The molecule has 7 nitrogen and oxygen atoms in total. The molecule has 3 atom stereocenters.